The minimum absolute atomic E-state index is 0.0158. The Hall–Kier alpha value is -2.49. The Morgan fingerprint density at radius 1 is 1.00 bits per heavy atom. The fraction of sp³-hybridized carbons (Fsp3) is 0.300. The van der Waals surface area contributed by atoms with Crippen LogP contribution >= 0.6 is 0 Å². The standard InChI is InChI=1S/C20H20FNO2/c1-14(23)19-17(21)8-5-9-18(19)22-12-10-16(11-13-22)20(24)15-6-3-2-4-7-15/h2-9,16H,10-13H2,1H3. The molecule has 1 fully saturated rings. The minimum atomic E-state index is -0.484. The first-order valence-corrected chi connectivity index (χ1v) is 8.21. The number of Topliss-reactive ketones (excluding diaryl/α,β-unsaturated/α-hetero) is 2. The molecule has 0 saturated carbocycles. The van der Waals surface area contributed by atoms with E-state index in [0.29, 0.717) is 31.6 Å². The molecule has 2 aromatic carbocycles. The molecule has 0 N–H and O–H groups in total. The van der Waals surface area contributed by atoms with Gasteiger partial charge in [0, 0.05) is 24.6 Å². The monoisotopic (exact) mass is 325 g/mol. The van der Waals surface area contributed by atoms with Gasteiger partial charge in [0.2, 0.25) is 0 Å². The molecule has 124 valence electrons. The fourth-order valence-corrected chi connectivity index (χ4v) is 3.35. The number of hydrogen-bond donors (Lipinski definition) is 0. The Bertz CT molecular complexity index is 749. The molecular weight excluding hydrogens is 305 g/mol. The summed E-state index contributed by atoms with van der Waals surface area (Å²) in [6.45, 7) is 2.67. The highest BCUT2D eigenvalue weighted by Gasteiger charge is 2.27. The first-order valence-electron chi connectivity index (χ1n) is 8.21. The summed E-state index contributed by atoms with van der Waals surface area (Å²) in [6, 6.07) is 14.0. The van der Waals surface area contributed by atoms with Gasteiger partial charge in [-0.15, -0.1) is 0 Å². The number of anilines is 1. The third-order valence-electron chi connectivity index (χ3n) is 4.61. The minimum Gasteiger partial charge on any atom is -0.371 e. The molecule has 0 aromatic heterocycles. The Morgan fingerprint density at radius 2 is 1.67 bits per heavy atom. The molecule has 3 rings (SSSR count). The quantitative estimate of drug-likeness (QED) is 0.793. The van der Waals surface area contributed by atoms with Crippen molar-refractivity contribution in [2.75, 3.05) is 18.0 Å². The van der Waals surface area contributed by atoms with Gasteiger partial charge in [-0.2, -0.15) is 0 Å². The molecule has 3 nitrogen and oxygen atoms in total. The number of halogens is 1. The van der Waals surface area contributed by atoms with Crippen molar-refractivity contribution in [3.63, 3.8) is 0 Å². The Kier molecular flexibility index (Phi) is 4.74. The van der Waals surface area contributed by atoms with Crippen LogP contribution in [0.1, 0.15) is 40.5 Å². The first kappa shape index (κ1) is 16.4. The van der Waals surface area contributed by atoms with Crippen molar-refractivity contribution in [2.45, 2.75) is 19.8 Å². The van der Waals surface area contributed by atoms with Crippen molar-refractivity contribution < 1.29 is 14.0 Å². The summed E-state index contributed by atoms with van der Waals surface area (Å²) in [5.41, 5.74) is 1.52. The van der Waals surface area contributed by atoms with Gasteiger partial charge in [-0.3, -0.25) is 9.59 Å². The van der Waals surface area contributed by atoms with Crippen LogP contribution in [0.15, 0.2) is 48.5 Å². The van der Waals surface area contributed by atoms with Crippen LogP contribution < -0.4 is 4.90 Å². The zero-order valence-electron chi connectivity index (χ0n) is 13.7. The summed E-state index contributed by atoms with van der Waals surface area (Å²) in [5.74, 6) is -0.604. The Labute approximate surface area is 141 Å². The molecular formula is C20H20FNO2. The first-order chi connectivity index (χ1) is 11.6. The zero-order valence-corrected chi connectivity index (χ0v) is 13.7. The van der Waals surface area contributed by atoms with Crippen LogP contribution in [0, 0.1) is 11.7 Å². The van der Waals surface area contributed by atoms with Crippen LogP contribution in [-0.4, -0.2) is 24.7 Å². The van der Waals surface area contributed by atoms with E-state index >= 15 is 0 Å². The van der Waals surface area contributed by atoms with Gasteiger partial charge >= 0.3 is 0 Å². The average molecular weight is 325 g/mol. The van der Waals surface area contributed by atoms with E-state index in [9.17, 15) is 14.0 Å². The maximum atomic E-state index is 14.0. The van der Waals surface area contributed by atoms with E-state index < -0.39 is 5.82 Å². The van der Waals surface area contributed by atoms with Gasteiger partial charge < -0.3 is 4.90 Å². The smallest absolute Gasteiger partial charge is 0.166 e. The van der Waals surface area contributed by atoms with Crippen molar-refractivity contribution >= 4 is 17.3 Å². The average Bonchev–Trinajstić information content (AvgIpc) is 2.61. The largest absolute Gasteiger partial charge is 0.371 e. The van der Waals surface area contributed by atoms with Gasteiger partial charge in [0.05, 0.1) is 11.3 Å². The highest BCUT2D eigenvalue weighted by atomic mass is 19.1. The highest BCUT2D eigenvalue weighted by molar-refractivity contribution is 6.00. The van der Waals surface area contributed by atoms with E-state index in [1.807, 2.05) is 35.2 Å². The third-order valence-corrected chi connectivity index (χ3v) is 4.61. The van der Waals surface area contributed by atoms with Gasteiger partial charge in [-0.25, -0.2) is 4.39 Å². The summed E-state index contributed by atoms with van der Waals surface area (Å²) in [6.07, 6.45) is 1.42. The number of carbonyl (C=O) groups is 2. The van der Waals surface area contributed by atoms with Crippen molar-refractivity contribution in [1.29, 1.82) is 0 Å². The lowest BCUT2D eigenvalue weighted by Gasteiger charge is -2.34. The van der Waals surface area contributed by atoms with Gasteiger partial charge in [0.15, 0.2) is 11.6 Å². The molecule has 0 radical (unpaired) electrons. The lowest BCUT2D eigenvalue weighted by molar-refractivity contribution is 0.0899. The molecule has 0 bridgehead atoms. The van der Waals surface area contributed by atoms with Crippen molar-refractivity contribution in [3.8, 4) is 0 Å². The van der Waals surface area contributed by atoms with Crippen LogP contribution in [0.3, 0.4) is 0 Å². The summed E-state index contributed by atoms with van der Waals surface area (Å²) in [5, 5.41) is 0. The van der Waals surface area contributed by atoms with E-state index in [1.165, 1.54) is 13.0 Å². The molecule has 0 aliphatic carbocycles. The molecule has 1 heterocycles. The molecule has 0 amide bonds. The Balaban J connectivity index is 1.73. The van der Waals surface area contributed by atoms with E-state index in [1.54, 1.807) is 12.1 Å². The number of carbonyl (C=O) groups excluding carboxylic acids is 2. The maximum absolute atomic E-state index is 14.0. The Morgan fingerprint density at radius 3 is 2.29 bits per heavy atom. The molecule has 4 heteroatoms. The van der Waals surface area contributed by atoms with Crippen LogP contribution in [0.25, 0.3) is 0 Å². The summed E-state index contributed by atoms with van der Waals surface area (Å²) < 4.78 is 14.0. The second-order valence-electron chi connectivity index (χ2n) is 6.18. The molecule has 2 aromatic rings. The number of hydrogen-bond acceptors (Lipinski definition) is 3. The zero-order chi connectivity index (χ0) is 17.1. The number of nitrogens with zero attached hydrogens (tertiary/aromatic N) is 1. The van der Waals surface area contributed by atoms with Crippen LogP contribution in [0.4, 0.5) is 10.1 Å². The number of benzene rings is 2. The maximum Gasteiger partial charge on any atom is 0.166 e. The molecule has 1 saturated heterocycles. The normalized spacial score (nSPS) is 15.3. The van der Waals surface area contributed by atoms with E-state index in [2.05, 4.69) is 0 Å². The summed E-state index contributed by atoms with van der Waals surface area (Å²) in [4.78, 5) is 26.3. The van der Waals surface area contributed by atoms with E-state index in [4.69, 9.17) is 0 Å². The fourth-order valence-electron chi connectivity index (χ4n) is 3.35. The number of piperidine rings is 1. The van der Waals surface area contributed by atoms with Gasteiger partial charge in [0.25, 0.3) is 0 Å². The van der Waals surface area contributed by atoms with Crippen LogP contribution in [0.2, 0.25) is 0 Å². The SMILES string of the molecule is CC(=O)c1c(F)cccc1N1CCC(C(=O)c2ccccc2)CC1. The number of rotatable bonds is 4. The summed E-state index contributed by atoms with van der Waals surface area (Å²) in [7, 11) is 0. The molecule has 1 aliphatic heterocycles. The predicted molar refractivity (Wildman–Crippen MR) is 92.1 cm³/mol. The third kappa shape index (κ3) is 3.23. The highest BCUT2D eigenvalue weighted by Crippen LogP contribution is 2.29. The van der Waals surface area contributed by atoms with Crippen LogP contribution in [-0.2, 0) is 0 Å². The lowest BCUT2D eigenvalue weighted by Crippen LogP contribution is -2.37. The van der Waals surface area contributed by atoms with E-state index in [0.717, 1.165) is 5.56 Å². The second-order valence-corrected chi connectivity index (χ2v) is 6.18. The van der Waals surface area contributed by atoms with Crippen molar-refractivity contribution in [1.82, 2.24) is 0 Å². The van der Waals surface area contributed by atoms with Crippen LogP contribution in [0.5, 0.6) is 0 Å². The van der Waals surface area contributed by atoms with Gasteiger partial charge in [-0.1, -0.05) is 36.4 Å². The topological polar surface area (TPSA) is 37.4 Å². The van der Waals surface area contributed by atoms with Crippen molar-refractivity contribution in [3.05, 3.63) is 65.5 Å². The molecule has 0 atom stereocenters. The van der Waals surface area contributed by atoms with Gasteiger partial charge in [-0.05, 0) is 31.9 Å². The molecule has 1 aliphatic rings. The molecule has 0 unspecified atom stereocenters. The molecule has 0 spiro atoms. The summed E-state index contributed by atoms with van der Waals surface area (Å²) >= 11 is 0. The van der Waals surface area contributed by atoms with Crippen molar-refractivity contribution in [2.24, 2.45) is 5.92 Å². The predicted octanol–water partition coefficient (Wildman–Crippen LogP) is 4.13. The number of ketones is 2. The van der Waals surface area contributed by atoms with E-state index in [-0.39, 0.29) is 23.0 Å². The lowest BCUT2D eigenvalue weighted by atomic mass is 9.88. The van der Waals surface area contributed by atoms with Gasteiger partial charge in [0.1, 0.15) is 5.82 Å². The second kappa shape index (κ2) is 6.95. The molecule has 24 heavy (non-hydrogen) atoms.